The SMILES string of the molecule is COc1cccc(OC)c1C(=O)OC1CN(C)C(=O)N1c1ncc(Br)s1. The first-order chi connectivity index (χ1) is 12.5. The third-order valence-electron chi connectivity index (χ3n) is 3.80. The molecular formula is C16H16BrN3O5S. The minimum Gasteiger partial charge on any atom is -0.496 e. The molecule has 1 aromatic heterocycles. The highest BCUT2D eigenvalue weighted by Gasteiger charge is 2.41. The average Bonchev–Trinajstić information content (AvgIpc) is 3.17. The molecule has 2 heterocycles. The molecule has 3 rings (SSSR count). The van der Waals surface area contributed by atoms with Gasteiger partial charge in [-0.15, -0.1) is 0 Å². The number of rotatable bonds is 5. The van der Waals surface area contributed by atoms with Crippen molar-refractivity contribution in [3.63, 3.8) is 0 Å². The van der Waals surface area contributed by atoms with Crippen molar-refractivity contribution in [3.8, 4) is 11.5 Å². The number of aromatic nitrogens is 1. The van der Waals surface area contributed by atoms with Crippen molar-refractivity contribution < 1.29 is 23.8 Å². The van der Waals surface area contributed by atoms with E-state index in [1.807, 2.05) is 0 Å². The first kappa shape index (κ1) is 18.5. The monoisotopic (exact) mass is 441 g/mol. The molecule has 1 aromatic carbocycles. The van der Waals surface area contributed by atoms with Crippen LogP contribution in [0.25, 0.3) is 0 Å². The lowest BCUT2D eigenvalue weighted by Gasteiger charge is -2.21. The lowest BCUT2D eigenvalue weighted by molar-refractivity contribution is 0.0324. The Labute approximate surface area is 162 Å². The lowest BCUT2D eigenvalue weighted by atomic mass is 10.2. The van der Waals surface area contributed by atoms with E-state index in [2.05, 4.69) is 20.9 Å². The van der Waals surface area contributed by atoms with Gasteiger partial charge in [0, 0.05) is 7.05 Å². The second kappa shape index (κ2) is 7.50. The average molecular weight is 442 g/mol. The second-order valence-corrected chi connectivity index (χ2v) is 7.77. The van der Waals surface area contributed by atoms with Gasteiger partial charge in [0.15, 0.2) is 5.13 Å². The van der Waals surface area contributed by atoms with E-state index >= 15 is 0 Å². The van der Waals surface area contributed by atoms with E-state index in [4.69, 9.17) is 14.2 Å². The molecule has 1 atom stereocenters. The minimum atomic E-state index is -0.812. The largest absolute Gasteiger partial charge is 0.496 e. The highest BCUT2D eigenvalue weighted by molar-refractivity contribution is 9.11. The van der Waals surface area contributed by atoms with Crippen LogP contribution in [0.1, 0.15) is 10.4 Å². The summed E-state index contributed by atoms with van der Waals surface area (Å²) in [6.07, 6.45) is 0.779. The zero-order valence-electron chi connectivity index (χ0n) is 14.3. The summed E-state index contributed by atoms with van der Waals surface area (Å²) in [4.78, 5) is 32.3. The van der Waals surface area contributed by atoms with Crippen LogP contribution in [0.3, 0.4) is 0 Å². The molecule has 1 fully saturated rings. The van der Waals surface area contributed by atoms with Gasteiger partial charge in [-0.1, -0.05) is 17.4 Å². The van der Waals surface area contributed by atoms with Crippen molar-refractivity contribution in [1.29, 1.82) is 0 Å². The van der Waals surface area contributed by atoms with Crippen LogP contribution in [0, 0.1) is 0 Å². The van der Waals surface area contributed by atoms with Crippen LogP contribution in [0.2, 0.25) is 0 Å². The fraction of sp³-hybridized carbons (Fsp3) is 0.312. The summed E-state index contributed by atoms with van der Waals surface area (Å²) in [5.41, 5.74) is 0.166. The molecule has 1 saturated heterocycles. The number of halogens is 1. The lowest BCUT2D eigenvalue weighted by Crippen LogP contribution is -2.37. The Morgan fingerprint density at radius 1 is 1.31 bits per heavy atom. The number of amides is 2. The third-order valence-corrected chi connectivity index (χ3v) is 5.27. The number of anilines is 1. The van der Waals surface area contributed by atoms with Crippen molar-refractivity contribution in [2.45, 2.75) is 6.23 Å². The van der Waals surface area contributed by atoms with Crippen LogP contribution in [0.4, 0.5) is 9.93 Å². The molecule has 1 unspecified atom stereocenters. The van der Waals surface area contributed by atoms with Crippen LogP contribution in [-0.4, -0.2) is 55.9 Å². The van der Waals surface area contributed by atoms with E-state index < -0.39 is 12.2 Å². The van der Waals surface area contributed by atoms with Gasteiger partial charge in [0.05, 0.1) is 30.7 Å². The van der Waals surface area contributed by atoms with Gasteiger partial charge in [0.1, 0.15) is 17.1 Å². The molecule has 10 heteroatoms. The molecule has 1 aliphatic heterocycles. The first-order valence-electron chi connectivity index (χ1n) is 7.54. The molecule has 8 nitrogen and oxygen atoms in total. The number of carbonyl (C=O) groups excluding carboxylic acids is 2. The number of likely N-dealkylation sites (N-methyl/N-ethyl adjacent to an activating group) is 1. The Hall–Kier alpha value is -2.33. The van der Waals surface area contributed by atoms with Gasteiger partial charge < -0.3 is 19.1 Å². The second-order valence-electron chi connectivity index (χ2n) is 5.38. The van der Waals surface area contributed by atoms with Crippen molar-refractivity contribution in [2.75, 3.05) is 32.7 Å². The van der Waals surface area contributed by atoms with Gasteiger partial charge in [0.25, 0.3) is 0 Å². The molecule has 2 amide bonds. The van der Waals surface area contributed by atoms with Gasteiger partial charge in [-0.25, -0.2) is 19.5 Å². The Kier molecular flexibility index (Phi) is 5.33. The highest BCUT2D eigenvalue weighted by atomic mass is 79.9. The Balaban J connectivity index is 1.90. The molecule has 0 saturated carbocycles. The molecule has 0 spiro atoms. The van der Waals surface area contributed by atoms with E-state index in [9.17, 15) is 9.59 Å². The van der Waals surface area contributed by atoms with Gasteiger partial charge >= 0.3 is 12.0 Å². The van der Waals surface area contributed by atoms with Gasteiger partial charge in [-0.3, -0.25) is 0 Å². The maximum atomic E-state index is 12.8. The summed E-state index contributed by atoms with van der Waals surface area (Å²) in [6.45, 7) is 0.221. The maximum absolute atomic E-state index is 12.8. The summed E-state index contributed by atoms with van der Waals surface area (Å²) in [6, 6.07) is 4.69. The van der Waals surface area contributed by atoms with Crippen LogP contribution in [0.5, 0.6) is 11.5 Å². The Bertz CT molecular complexity index is 821. The quantitative estimate of drug-likeness (QED) is 0.663. The third kappa shape index (κ3) is 3.34. The van der Waals surface area contributed by atoms with Crippen molar-refractivity contribution >= 4 is 44.4 Å². The number of esters is 1. The number of nitrogens with zero attached hydrogens (tertiary/aromatic N) is 3. The minimum absolute atomic E-state index is 0.166. The number of methoxy groups -OCH3 is 2. The summed E-state index contributed by atoms with van der Waals surface area (Å²) in [5.74, 6) is 0.0131. The highest BCUT2D eigenvalue weighted by Crippen LogP contribution is 2.34. The summed E-state index contributed by atoms with van der Waals surface area (Å²) in [7, 11) is 4.55. The van der Waals surface area contributed by atoms with E-state index in [-0.39, 0.29) is 18.1 Å². The fourth-order valence-corrected chi connectivity index (χ4v) is 3.80. The summed E-state index contributed by atoms with van der Waals surface area (Å²) in [5, 5.41) is 0.441. The number of thiazole rings is 1. The van der Waals surface area contributed by atoms with Crippen LogP contribution in [0.15, 0.2) is 28.2 Å². The van der Waals surface area contributed by atoms with E-state index in [1.165, 1.54) is 35.4 Å². The van der Waals surface area contributed by atoms with Gasteiger partial charge in [-0.05, 0) is 28.1 Å². The van der Waals surface area contributed by atoms with Crippen LogP contribution >= 0.6 is 27.3 Å². The zero-order valence-corrected chi connectivity index (χ0v) is 16.7. The number of urea groups is 1. The van der Waals surface area contributed by atoms with E-state index in [0.717, 1.165) is 3.79 Å². The molecule has 138 valence electrons. The van der Waals surface area contributed by atoms with Gasteiger partial charge in [0.2, 0.25) is 6.23 Å². The number of carbonyl (C=O) groups is 2. The smallest absolute Gasteiger partial charge is 0.347 e. The van der Waals surface area contributed by atoms with E-state index in [0.29, 0.717) is 16.6 Å². The predicted octanol–water partition coefficient (Wildman–Crippen LogP) is 2.98. The summed E-state index contributed by atoms with van der Waals surface area (Å²) >= 11 is 4.60. The van der Waals surface area contributed by atoms with Crippen LogP contribution in [-0.2, 0) is 4.74 Å². The maximum Gasteiger partial charge on any atom is 0.347 e. The first-order valence-corrected chi connectivity index (χ1v) is 9.14. The number of ether oxygens (including phenoxy) is 3. The topological polar surface area (TPSA) is 81.2 Å². The number of hydrogen-bond acceptors (Lipinski definition) is 7. The molecule has 1 aliphatic rings. The fourth-order valence-electron chi connectivity index (χ4n) is 2.59. The molecule has 0 bridgehead atoms. The Morgan fingerprint density at radius 3 is 2.50 bits per heavy atom. The molecule has 0 aliphatic carbocycles. The van der Waals surface area contributed by atoms with Crippen LogP contribution < -0.4 is 14.4 Å². The van der Waals surface area contributed by atoms with Crippen molar-refractivity contribution in [2.24, 2.45) is 0 Å². The zero-order chi connectivity index (χ0) is 18.8. The molecule has 0 N–H and O–H groups in total. The molecule has 2 aromatic rings. The van der Waals surface area contributed by atoms with Gasteiger partial charge in [-0.2, -0.15) is 0 Å². The molecule has 0 radical (unpaired) electrons. The molecule has 26 heavy (non-hydrogen) atoms. The number of benzene rings is 1. The normalized spacial score (nSPS) is 16.8. The number of hydrogen-bond donors (Lipinski definition) is 0. The predicted molar refractivity (Wildman–Crippen MR) is 99.1 cm³/mol. The molecular weight excluding hydrogens is 426 g/mol. The van der Waals surface area contributed by atoms with Crippen molar-refractivity contribution in [3.05, 3.63) is 33.7 Å². The van der Waals surface area contributed by atoms with E-state index in [1.54, 1.807) is 31.4 Å². The van der Waals surface area contributed by atoms with Crippen molar-refractivity contribution in [1.82, 2.24) is 9.88 Å². The standard InChI is InChI=1S/C16H16BrN3O5S/c1-19-8-12(20(16(19)22)15-18-7-11(17)26-15)25-14(21)13-9(23-2)5-4-6-10(13)24-3/h4-7,12H,8H2,1-3H3. The summed E-state index contributed by atoms with van der Waals surface area (Å²) < 4.78 is 16.9. The Morgan fingerprint density at radius 2 is 1.96 bits per heavy atom.